The molecule has 0 saturated heterocycles. The van der Waals surface area contributed by atoms with Crippen LogP contribution in [0.2, 0.25) is 0 Å². The molecule has 1 aliphatic heterocycles. The van der Waals surface area contributed by atoms with Crippen molar-refractivity contribution in [3.05, 3.63) is 71.4 Å². The third kappa shape index (κ3) is 2.27. The topological polar surface area (TPSA) is 28.4 Å². The Bertz CT molecular complexity index is 853. The van der Waals surface area contributed by atoms with Crippen LogP contribution in [-0.4, -0.2) is 27.7 Å². The Hall–Kier alpha value is -2.10. The molecule has 24 heavy (non-hydrogen) atoms. The van der Waals surface area contributed by atoms with E-state index in [1.165, 1.54) is 27.7 Å². The Morgan fingerprint density at radius 1 is 1.08 bits per heavy atom. The van der Waals surface area contributed by atoms with Crippen molar-refractivity contribution >= 4 is 10.9 Å². The number of aliphatic hydroxyl groups excluding tert-OH is 1. The molecule has 1 aliphatic rings. The first kappa shape index (κ1) is 15.4. The summed E-state index contributed by atoms with van der Waals surface area (Å²) < 4.78 is 2.33. The molecule has 0 bridgehead atoms. The van der Waals surface area contributed by atoms with Crippen molar-refractivity contribution in [1.29, 1.82) is 0 Å². The fourth-order valence-corrected chi connectivity index (χ4v) is 4.38. The second-order valence-corrected chi connectivity index (χ2v) is 6.71. The zero-order valence-corrected chi connectivity index (χ0v) is 14.3. The van der Waals surface area contributed by atoms with E-state index in [0.717, 1.165) is 13.0 Å². The molecular formula is C21H24N2O. The van der Waals surface area contributed by atoms with Gasteiger partial charge in [0.2, 0.25) is 0 Å². The van der Waals surface area contributed by atoms with Gasteiger partial charge < -0.3 is 9.67 Å². The SMILES string of the molecule is C[C@@H]1c2c(c3ccccc3n2C)CCN1[C@@H](CO)c1ccccc1. The Morgan fingerprint density at radius 3 is 2.54 bits per heavy atom. The molecular weight excluding hydrogens is 296 g/mol. The third-order valence-corrected chi connectivity index (χ3v) is 5.53. The molecule has 0 unspecified atom stereocenters. The van der Waals surface area contributed by atoms with Crippen molar-refractivity contribution in [2.45, 2.75) is 25.4 Å². The van der Waals surface area contributed by atoms with Gasteiger partial charge >= 0.3 is 0 Å². The summed E-state index contributed by atoms with van der Waals surface area (Å²) in [7, 11) is 2.16. The lowest BCUT2D eigenvalue weighted by Gasteiger charge is -2.39. The van der Waals surface area contributed by atoms with Crippen molar-refractivity contribution in [2.75, 3.05) is 13.2 Å². The summed E-state index contributed by atoms with van der Waals surface area (Å²) in [6, 6.07) is 19.4. The van der Waals surface area contributed by atoms with E-state index < -0.39 is 0 Å². The standard InChI is InChI=1S/C21H24N2O/c1-15-21-18(17-10-6-7-11-19(17)22(21)2)12-13-23(15)20(14-24)16-8-4-3-5-9-16/h3-11,15,20,24H,12-14H2,1-2H3/t15-,20+/m1/s1. The summed E-state index contributed by atoms with van der Waals surface area (Å²) in [6.45, 7) is 3.39. The quantitative estimate of drug-likeness (QED) is 0.794. The van der Waals surface area contributed by atoms with E-state index in [1.54, 1.807) is 0 Å². The van der Waals surface area contributed by atoms with E-state index in [-0.39, 0.29) is 18.7 Å². The minimum absolute atomic E-state index is 0.0485. The number of fused-ring (bicyclic) bond motifs is 3. The molecule has 0 radical (unpaired) electrons. The van der Waals surface area contributed by atoms with E-state index in [2.05, 4.69) is 72.0 Å². The van der Waals surface area contributed by atoms with E-state index >= 15 is 0 Å². The van der Waals surface area contributed by atoms with Gasteiger partial charge in [-0.05, 0) is 30.5 Å². The van der Waals surface area contributed by atoms with Crippen molar-refractivity contribution < 1.29 is 5.11 Å². The molecule has 3 nitrogen and oxygen atoms in total. The fraction of sp³-hybridized carbons (Fsp3) is 0.333. The number of para-hydroxylation sites is 1. The highest BCUT2D eigenvalue weighted by atomic mass is 16.3. The Balaban J connectivity index is 1.78. The summed E-state index contributed by atoms with van der Waals surface area (Å²) in [5.74, 6) is 0. The molecule has 124 valence electrons. The first-order valence-electron chi connectivity index (χ1n) is 8.70. The summed E-state index contributed by atoms with van der Waals surface area (Å²) in [4.78, 5) is 2.44. The van der Waals surface area contributed by atoms with Crippen LogP contribution in [0.1, 0.15) is 35.8 Å². The molecule has 0 spiro atoms. The molecule has 1 aromatic heterocycles. The molecule has 3 heteroatoms. The van der Waals surface area contributed by atoms with E-state index in [1.807, 2.05) is 6.07 Å². The summed E-state index contributed by atoms with van der Waals surface area (Å²) in [5, 5.41) is 11.4. The first-order valence-corrected chi connectivity index (χ1v) is 8.70. The van der Waals surface area contributed by atoms with Crippen molar-refractivity contribution in [3.8, 4) is 0 Å². The third-order valence-electron chi connectivity index (χ3n) is 5.53. The van der Waals surface area contributed by atoms with Gasteiger partial charge in [0.1, 0.15) is 0 Å². The molecule has 3 aromatic rings. The summed E-state index contributed by atoms with van der Waals surface area (Å²) >= 11 is 0. The number of nitrogens with zero attached hydrogens (tertiary/aromatic N) is 2. The second-order valence-electron chi connectivity index (χ2n) is 6.71. The summed E-state index contributed by atoms with van der Waals surface area (Å²) in [6.07, 6.45) is 1.03. The number of aryl methyl sites for hydroxylation is 1. The van der Waals surface area contributed by atoms with Crippen LogP contribution >= 0.6 is 0 Å². The molecule has 0 amide bonds. The molecule has 1 N–H and O–H groups in total. The predicted octanol–water partition coefficient (Wildman–Crippen LogP) is 3.83. The number of aliphatic hydroxyl groups is 1. The lowest BCUT2D eigenvalue weighted by molar-refractivity contribution is 0.0793. The van der Waals surface area contributed by atoms with E-state index in [9.17, 15) is 5.11 Å². The highest BCUT2D eigenvalue weighted by Crippen LogP contribution is 2.39. The minimum Gasteiger partial charge on any atom is -0.394 e. The van der Waals surface area contributed by atoms with Crippen LogP contribution in [0.5, 0.6) is 0 Å². The second kappa shape index (κ2) is 6.08. The predicted molar refractivity (Wildman–Crippen MR) is 98.0 cm³/mol. The van der Waals surface area contributed by atoms with Gasteiger partial charge in [-0.25, -0.2) is 0 Å². The van der Waals surface area contributed by atoms with Gasteiger partial charge in [0.05, 0.1) is 12.6 Å². The zero-order valence-electron chi connectivity index (χ0n) is 14.3. The van der Waals surface area contributed by atoms with Gasteiger partial charge in [0, 0.05) is 36.2 Å². The number of hydrogen-bond acceptors (Lipinski definition) is 2. The Labute approximate surface area is 143 Å². The molecule has 2 atom stereocenters. The van der Waals surface area contributed by atoms with Gasteiger partial charge in [0.25, 0.3) is 0 Å². The largest absolute Gasteiger partial charge is 0.394 e. The molecule has 4 rings (SSSR count). The van der Waals surface area contributed by atoms with Gasteiger partial charge in [-0.15, -0.1) is 0 Å². The van der Waals surface area contributed by atoms with Gasteiger partial charge in [-0.1, -0.05) is 48.5 Å². The Morgan fingerprint density at radius 2 is 1.79 bits per heavy atom. The van der Waals surface area contributed by atoms with Gasteiger partial charge in [-0.3, -0.25) is 4.90 Å². The maximum absolute atomic E-state index is 10.1. The number of benzene rings is 2. The fourth-order valence-electron chi connectivity index (χ4n) is 4.38. The molecule has 0 aliphatic carbocycles. The minimum atomic E-state index is 0.0485. The average Bonchev–Trinajstić information content (AvgIpc) is 2.92. The Kier molecular flexibility index (Phi) is 3.91. The first-order chi connectivity index (χ1) is 11.7. The lowest BCUT2D eigenvalue weighted by atomic mass is 9.94. The molecule has 0 fully saturated rings. The van der Waals surface area contributed by atoms with Crippen LogP contribution in [0.3, 0.4) is 0 Å². The van der Waals surface area contributed by atoms with Crippen LogP contribution in [0.25, 0.3) is 10.9 Å². The molecule has 2 aromatic carbocycles. The highest BCUT2D eigenvalue weighted by molar-refractivity contribution is 5.86. The van der Waals surface area contributed by atoms with E-state index in [4.69, 9.17) is 0 Å². The molecule has 2 heterocycles. The van der Waals surface area contributed by atoms with Crippen molar-refractivity contribution in [3.63, 3.8) is 0 Å². The number of hydrogen-bond donors (Lipinski definition) is 1. The number of aromatic nitrogens is 1. The van der Waals surface area contributed by atoms with Crippen LogP contribution < -0.4 is 0 Å². The van der Waals surface area contributed by atoms with Gasteiger partial charge in [-0.2, -0.15) is 0 Å². The van der Waals surface area contributed by atoms with Crippen LogP contribution in [0, 0.1) is 0 Å². The highest BCUT2D eigenvalue weighted by Gasteiger charge is 2.33. The smallest absolute Gasteiger partial charge is 0.0628 e. The maximum atomic E-state index is 10.1. The maximum Gasteiger partial charge on any atom is 0.0628 e. The van der Waals surface area contributed by atoms with Crippen LogP contribution in [0.15, 0.2) is 54.6 Å². The van der Waals surface area contributed by atoms with Crippen molar-refractivity contribution in [1.82, 2.24) is 9.47 Å². The van der Waals surface area contributed by atoms with Crippen LogP contribution in [0.4, 0.5) is 0 Å². The summed E-state index contributed by atoms with van der Waals surface area (Å²) in [5.41, 5.74) is 5.35. The van der Waals surface area contributed by atoms with Gasteiger partial charge in [0.15, 0.2) is 0 Å². The van der Waals surface area contributed by atoms with Crippen molar-refractivity contribution in [2.24, 2.45) is 7.05 Å². The normalized spacial score (nSPS) is 19.4. The van der Waals surface area contributed by atoms with E-state index in [0.29, 0.717) is 0 Å². The lowest BCUT2D eigenvalue weighted by Crippen LogP contribution is -2.39. The molecule has 0 saturated carbocycles. The zero-order chi connectivity index (χ0) is 16.7. The number of rotatable bonds is 3. The van der Waals surface area contributed by atoms with Crippen LogP contribution in [-0.2, 0) is 13.5 Å². The monoisotopic (exact) mass is 320 g/mol. The average molecular weight is 320 g/mol.